The van der Waals surface area contributed by atoms with Crippen molar-refractivity contribution in [3.63, 3.8) is 0 Å². The minimum absolute atomic E-state index is 0.149. The first-order valence-electron chi connectivity index (χ1n) is 9.34. The molecule has 0 aliphatic carbocycles. The van der Waals surface area contributed by atoms with Crippen molar-refractivity contribution in [2.24, 2.45) is 5.92 Å². The van der Waals surface area contributed by atoms with Crippen LogP contribution in [0.15, 0.2) is 53.4 Å². The van der Waals surface area contributed by atoms with E-state index in [2.05, 4.69) is 0 Å². The van der Waals surface area contributed by atoms with Crippen LogP contribution >= 0.6 is 0 Å². The van der Waals surface area contributed by atoms with E-state index in [1.54, 1.807) is 49.5 Å². The van der Waals surface area contributed by atoms with Crippen molar-refractivity contribution < 1.29 is 17.6 Å². The molecule has 1 aliphatic rings. The van der Waals surface area contributed by atoms with E-state index in [-0.39, 0.29) is 29.7 Å². The van der Waals surface area contributed by atoms with E-state index >= 15 is 0 Å². The van der Waals surface area contributed by atoms with Gasteiger partial charge in [0.15, 0.2) is 0 Å². The van der Waals surface area contributed by atoms with Gasteiger partial charge in [-0.25, -0.2) is 12.8 Å². The molecule has 0 unspecified atom stereocenters. The van der Waals surface area contributed by atoms with E-state index in [0.717, 1.165) is 5.56 Å². The molecule has 2 aromatic carbocycles. The van der Waals surface area contributed by atoms with Gasteiger partial charge in [0.2, 0.25) is 15.9 Å². The highest BCUT2D eigenvalue weighted by molar-refractivity contribution is 7.89. The Morgan fingerprint density at radius 3 is 2.54 bits per heavy atom. The summed E-state index contributed by atoms with van der Waals surface area (Å²) in [5, 5.41) is 0. The standard InChI is InChI=1S/C21H25FN2O3S/c1-16-9-11-19(12-10-16)28(26,27)24-13-5-7-18(15-24)21(25)23(2)14-17-6-3-4-8-20(17)22/h3-4,6,8-12,18H,5,7,13-15H2,1-2H3/t18-/m1/s1. The van der Waals surface area contributed by atoms with E-state index in [9.17, 15) is 17.6 Å². The lowest BCUT2D eigenvalue weighted by Crippen LogP contribution is -2.45. The normalized spacial score (nSPS) is 18.0. The van der Waals surface area contributed by atoms with Gasteiger partial charge < -0.3 is 4.90 Å². The lowest BCUT2D eigenvalue weighted by molar-refractivity contribution is -0.135. The Kier molecular flexibility index (Phi) is 6.15. The Morgan fingerprint density at radius 2 is 1.86 bits per heavy atom. The molecule has 5 nitrogen and oxygen atoms in total. The lowest BCUT2D eigenvalue weighted by atomic mass is 9.98. The minimum Gasteiger partial charge on any atom is -0.341 e. The number of benzene rings is 2. The van der Waals surface area contributed by atoms with Crippen LogP contribution < -0.4 is 0 Å². The van der Waals surface area contributed by atoms with Crippen LogP contribution in [0, 0.1) is 18.7 Å². The second-order valence-corrected chi connectivity index (χ2v) is 9.24. The molecule has 28 heavy (non-hydrogen) atoms. The van der Waals surface area contributed by atoms with E-state index in [4.69, 9.17) is 0 Å². The van der Waals surface area contributed by atoms with E-state index < -0.39 is 15.9 Å². The number of rotatable bonds is 5. The van der Waals surface area contributed by atoms with Crippen molar-refractivity contribution in [3.8, 4) is 0 Å². The third-order valence-corrected chi connectivity index (χ3v) is 7.01. The maximum Gasteiger partial charge on any atom is 0.243 e. The first-order chi connectivity index (χ1) is 13.3. The number of sulfonamides is 1. The van der Waals surface area contributed by atoms with Crippen LogP contribution in [0.4, 0.5) is 4.39 Å². The SMILES string of the molecule is Cc1ccc(S(=O)(=O)N2CCC[C@@H](C(=O)N(C)Cc3ccccc3F)C2)cc1. The molecule has 1 heterocycles. The molecule has 1 fully saturated rings. The van der Waals surface area contributed by atoms with E-state index in [1.165, 1.54) is 15.3 Å². The summed E-state index contributed by atoms with van der Waals surface area (Å²) in [7, 11) is -2.01. The van der Waals surface area contributed by atoms with Crippen LogP contribution in [-0.4, -0.2) is 43.7 Å². The average molecular weight is 405 g/mol. The van der Waals surface area contributed by atoms with Gasteiger partial charge in [-0.15, -0.1) is 0 Å². The molecule has 1 atom stereocenters. The summed E-state index contributed by atoms with van der Waals surface area (Å²) >= 11 is 0. The molecule has 3 rings (SSSR count). The van der Waals surface area contributed by atoms with Gasteiger partial charge in [0, 0.05) is 32.2 Å². The fraction of sp³-hybridized carbons (Fsp3) is 0.381. The van der Waals surface area contributed by atoms with Gasteiger partial charge in [0.1, 0.15) is 5.82 Å². The van der Waals surface area contributed by atoms with Crippen LogP contribution in [0.5, 0.6) is 0 Å². The zero-order valence-corrected chi connectivity index (χ0v) is 17.0. The fourth-order valence-electron chi connectivity index (χ4n) is 3.49. The van der Waals surface area contributed by atoms with Crippen molar-refractivity contribution >= 4 is 15.9 Å². The Morgan fingerprint density at radius 1 is 1.18 bits per heavy atom. The molecule has 2 aromatic rings. The average Bonchev–Trinajstić information content (AvgIpc) is 2.69. The van der Waals surface area contributed by atoms with Crippen LogP contribution in [0.1, 0.15) is 24.0 Å². The summed E-state index contributed by atoms with van der Waals surface area (Å²) < 4.78 is 41.1. The number of carbonyl (C=O) groups excluding carboxylic acids is 1. The summed E-state index contributed by atoms with van der Waals surface area (Å²) in [6, 6.07) is 13.1. The predicted molar refractivity (Wildman–Crippen MR) is 106 cm³/mol. The van der Waals surface area contributed by atoms with Crippen molar-refractivity contribution in [3.05, 3.63) is 65.5 Å². The number of aryl methyl sites for hydroxylation is 1. The molecule has 0 radical (unpaired) electrons. The van der Waals surface area contributed by atoms with Crippen LogP contribution in [0.2, 0.25) is 0 Å². The Hall–Kier alpha value is -2.25. The molecule has 0 spiro atoms. The van der Waals surface area contributed by atoms with Crippen LogP contribution in [-0.2, 0) is 21.4 Å². The number of halogens is 1. The molecule has 150 valence electrons. The van der Waals surface area contributed by atoms with Crippen molar-refractivity contribution in [2.45, 2.75) is 31.2 Å². The van der Waals surface area contributed by atoms with Gasteiger partial charge in [-0.1, -0.05) is 35.9 Å². The Balaban J connectivity index is 1.71. The van der Waals surface area contributed by atoms with E-state index in [1.807, 2.05) is 6.92 Å². The monoisotopic (exact) mass is 404 g/mol. The molecular weight excluding hydrogens is 379 g/mol. The predicted octanol–water partition coefficient (Wildman–Crippen LogP) is 3.19. The molecule has 0 bridgehead atoms. The first kappa shape index (κ1) is 20.5. The molecule has 0 N–H and O–H groups in total. The fourth-order valence-corrected chi connectivity index (χ4v) is 5.02. The van der Waals surface area contributed by atoms with Gasteiger partial charge in [-0.2, -0.15) is 4.31 Å². The summed E-state index contributed by atoms with van der Waals surface area (Å²) in [4.78, 5) is 14.6. The maximum atomic E-state index is 13.9. The maximum absolute atomic E-state index is 13.9. The van der Waals surface area contributed by atoms with Crippen molar-refractivity contribution in [1.82, 2.24) is 9.21 Å². The highest BCUT2D eigenvalue weighted by atomic mass is 32.2. The van der Waals surface area contributed by atoms with Gasteiger partial charge >= 0.3 is 0 Å². The molecular formula is C21H25FN2O3S. The molecule has 1 amide bonds. The third kappa shape index (κ3) is 4.42. The Labute approximate surface area is 165 Å². The smallest absolute Gasteiger partial charge is 0.243 e. The summed E-state index contributed by atoms with van der Waals surface area (Å²) in [6.07, 6.45) is 1.25. The molecule has 0 aromatic heterocycles. The van der Waals surface area contributed by atoms with Gasteiger partial charge in [0.05, 0.1) is 10.8 Å². The number of carbonyl (C=O) groups is 1. The quantitative estimate of drug-likeness (QED) is 0.769. The Bertz CT molecular complexity index is 944. The second-order valence-electron chi connectivity index (χ2n) is 7.30. The zero-order chi connectivity index (χ0) is 20.3. The zero-order valence-electron chi connectivity index (χ0n) is 16.1. The van der Waals surface area contributed by atoms with Crippen LogP contribution in [0.25, 0.3) is 0 Å². The summed E-state index contributed by atoms with van der Waals surface area (Å²) in [5.74, 6) is -0.938. The van der Waals surface area contributed by atoms with Gasteiger partial charge in [0.25, 0.3) is 0 Å². The van der Waals surface area contributed by atoms with Crippen LogP contribution in [0.3, 0.4) is 0 Å². The number of nitrogens with zero attached hydrogens (tertiary/aromatic N) is 2. The summed E-state index contributed by atoms with van der Waals surface area (Å²) in [5.41, 5.74) is 1.43. The summed E-state index contributed by atoms with van der Waals surface area (Å²) in [6.45, 7) is 2.61. The number of hydrogen-bond acceptors (Lipinski definition) is 3. The molecule has 7 heteroatoms. The number of hydrogen-bond donors (Lipinski definition) is 0. The van der Waals surface area contributed by atoms with E-state index in [0.29, 0.717) is 24.9 Å². The number of piperidine rings is 1. The minimum atomic E-state index is -3.63. The molecule has 0 saturated carbocycles. The van der Waals surface area contributed by atoms with Gasteiger partial charge in [-0.3, -0.25) is 4.79 Å². The highest BCUT2D eigenvalue weighted by Gasteiger charge is 2.34. The number of amides is 1. The van der Waals surface area contributed by atoms with Crippen molar-refractivity contribution in [2.75, 3.05) is 20.1 Å². The molecule has 1 saturated heterocycles. The largest absolute Gasteiger partial charge is 0.341 e. The third-order valence-electron chi connectivity index (χ3n) is 5.13. The van der Waals surface area contributed by atoms with Gasteiger partial charge in [-0.05, 0) is 38.0 Å². The highest BCUT2D eigenvalue weighted by Crippen LogP contribution is 2.25. The van der Waals surface area contributed by atoms with Crippen molar-refractivity contribution in [1.29, 1.82) is 0 Å². The topological polar surface area (TPSA) is 57.7 Å². The second kappa shape index (κ2) is 8.41. The lowest BCUT2D eigenvalue weighted by Gasteiger charge is -2.33. The molecule has 1 aliphatic heterocycles. The first-order valence-corrected chi connectivity index (χ1v) is 10.8.